The van der Waals surface area contributed by atoms with Crippen LogP contribution in [0.3, 0.4) is 0 Å². The quantitative estimate of drug-likeness (QED) is 0.679. The molecule has 0 aliphatic carbocycles. The molecule has 0 aliphatic rings. The lowest BCUT2D eigenvalue weighted by Crippen LogP contribution is -2.26. The molecule has 6 heteroatoms. The van der Waals surface area contributed by atoms with Gasteiger partial charge in [-0.05, 0) is 24.3 Å². The topological polar surface area (TPSA) is 78.0 Å². The summed E-state index contributed by atoms with van der Waals surface area (Å²) in [6, 6.07) is 7.32. The lowest BCUT2D eigenvalue weighted by Gasteiger charge is -2.21. The summed E-state index contributed by atoms with van der Waals surface area (Å²) in [6.45, 7) is 4.69. The van der Waals surface area contributed by atoms with Crippen molar-refractivity contribution in [2.75, 3.05) is 13.2 Å². The van der Waals surface area contributed by atoms with Crippen molar-refractivity contribution in [3.63, 3.8) is 0 Å². The molecule has 0 saturated heterocycles. The van der Waals surface area contributed by atoms with Crippen LogP contribution >= 0.6 is 11.6 Å². The Hall–Kier alpha value is -1.85. The molecule has 23 heavy (non-hydrogen) atoms. The smallest absolute Gasteiger partial charge is 0.255 e. The van der Waals surface area contributed by atoms with Crippen molar-refractivity contribution in [1.29, 1.82) is 0 Å². The van der Waals surface area contributed by atoms with E-state index >= 15 is 0 Å². The number of halogens is 1. The number of carbonyl (C=O) groups is 1. The van der Waals surface area contributed by atoms with Crippen molar-refractivity contribution in [3.8, 4) is 11.3 Å². The van der Waals surface area contributed by atoms with Crippen LogP contribution in [0.5, 0.6) is 0 Å². The number of aromatic nitrogens is 2. The Labute approximate surface area is 141 Å². The molecule has 0 fully saturated rings. The van der Waals surface area contributed by atoms with Crippen LogP contribution in [0.4, 0.5) is 0 Å². The molecule has 124 valence electrons. The fourth-order valence-corrected chi connectivity index (χ4v) is 2.50. The van der Waals surface area contributed by atoms with E-state index in [0.29, 0.717) is 22.8 Å². The summed E-state index contributed by atoms with van der Waals surface area (Å²) in [4.78, 5) is 12.3. The third kappa shape index (κ3) is 4.56. The number of rotatable bonds is 7. The van der Waals surface area contributed by atoms with Gasteiger partial charge in [-0.25, -0.2) is 0 Å². The second-order valence-corrected chi connectivity index (χ2v) is 6.73. The number of hydrogen-bond donors (Lipinski definition) is 3. The Morgan fingerprint density at radius 2 is 2.13 bits per heavy atom. The molecule has 0 radical (unpaired) electrons. The van der Waals surface area contributed by atoms with Crippen LogP contribution in [0, 0.1) is 5.41 Å². The summed E-state index contributed by atoms with van der Waals surface area (Å²) < 4.78 is 0. The van der Waals surface area contributed by atoms with Gasteiger partial charge in [-0.1, -0.05) is 43.6 Å². The predicted molar refractivity (Wildman–Crippen MR) is 91.5 cm³/mol. The van der Waals surface area contributed by atoms with Gasteiger partial charge in [0.25, 0.3) is 5.91 Å². The molecule has 2 rings (SSSR count). The highest BCUT2D eigenvalue weighted by molar-refractivity contribution is 6.33. The summed E-state index contributed by atoms with van der Waals surface area (Å²) >= 11 is 6.18. The zero-order valence-electron chi connectivity index (χ0n) is 13.4. The largest absolute Gasteiger partial charge is 0.396 e. The second-order valence-electron chi connectivity index (χ2n) is 6.32. The first-order valence-corrected chi connectivity index (χ1v) is 8.00. The highest BCUT2D eigenvalue weighted by atomic mass is 35.5. The van der Waals surface area contributed by atoms with Gasteiger partial charge in [0.2, 0.25) is 0 Å². The molecule has 0 saturated carbocycles. The Bertz CT molecular complexity index is 667. The molecule has 0 bridgehead atoms. The number of aromatic amines is 1. The third-order valence-electron chi connectivity index (χ3n) is 3.77. The van der Waals surface area contributed by atoms with Gasteiger partial charge in [0.15, 0.2) is 0 Å². The molecule has 0 spiro atoms. The van der Waals surface area contributed by atoms with E-state index < -0.39 is 0 Å². The van der Waals surface area contributed by atoms with Crippen LogP contribution < -0.4 is 5.32 Å². The van der Waals surface area contributed by atoms with Gasteiger partial charge in [0, 0.05) is 23.7 Å². The molecular formula is C17H22ClN3O2. The number of benzene rings is 1. The van der Waals surface area contributed by atoms with E-state index in [9.17, 15) is 9.90 Å². The van der Waals surface area contributed by atoms with Crippen molar-refractivity contribution >= 4 is 17.5 Å². The fourth-order valence-electron chi connectivity index (χ4n) is 2.27. The first-order valence-electron chi connectivity index (χ1n) is 7.62. The van der Waals surface area contributed by atoms with E-state index in [0.717, 1.165) is 18.4 Å². The monoisotopic (exact) mass is 335 g/mol. The molecule has 1 heterocycles. The lowest BCUT2D eigenvalue weighted by molar-refractivity contribution is 0.0949. The number of aliphatic hydroxyl groups is 1. The number of aliphatic hydroxyl groups excluding tert-OH is 1. The molecular weight excluding hydrogens is 314 g/mol. The SMILES string of the molecule is CC(C)(CO)CCCNC(=O)c1cn[nH]c1-c1ccccc1Cl. The summed E-state index contributed by atoms with van der Waals surface area (Å²) in [6.07, 6.45) is 3.15. The summed E-state index contributed by atoms with van der Waals surface area (Å²) in [5.74, 6) is -0.185. The molecule has 3 N–H and O–H groups in total. The molecule has 0 aliphatic heterocycles. The Morgan fingerprint density at radius 1 is 1.39 bits per heavy atom. The summed E-state index contributed by atoms with van der Waals surface area (Å²) in [5, 5.41) is 19.5. The molecule has 0 unspecified atom stereocenters. The minimum absolute atomic E-state index is 0.122. The summed E-state index contributed by atoms with van der Waals surface area (Å²) in [5.41, 5.74) is 1.71. The Kier molecular flexibility index (Phi) is 5.80. The third-order valence-corrected chi connectivity index (χ3v) is 4.10. The van der Waals surface area contributed by atoms with Gasteiger partial charge < -0.3 is 10.4 Å². The van der Waals surface area contributed by atoms with Gasteiger partial charge in [-0.3, -0.25) is 9.89 Å². The highest BCUT2D eigenvalue weighted by Gasteiger charge is 2.18. The average Bonchev–Trinajstić information content (AvgIpc) is 3.01. The number of nitrogens with one attached hydrogen (secondary N) is 2. The van der Waals surface area contributed by atoms with E-state index in [1.165, 1.54) is 6.20 Å². The van der Waals surface area contributed by atoms with Crippen LogP contribution in [0.1, 0.15) is 37.0 Å². The molecule has 1 aromatic heterocycles. The number of carbonyl (C=O) groups excluding carboxylic acids is 1. The van der Waals surface area contributed by atoms with E-state index in [4.69, 9.17) is 11.6 Å². The van der Waals surface area contributed by atoms with Crippen LogP contribution in [0.25, 0.3) is 11.3 Å². The van der Waals surface area contributed by atoms with Gasteiger partial charge in [0.1, 0.15) is 0 Å². The first-order chi connectivity index (χ1) is 10.9. The van der Waals surface area contributed by atoms with E-state index in [1.807, 2.05) is 32.0 Å². The minimum atomic E-state index is -0.185. The minimum Gasteiger partial charge on any atom is -0.396 e. The Morgan fingerprint density at radius 3 is 2.83 bits per heavy atom. The Balaban J connectivity index is 1.99. The molecule has 2 aromatic rings. The highest BCUT2D eigenvalue weighted by Crippen LogP contribution is 2.28. The molecule has 1 amide bonds. The van der Waals surface area contributed by atoms with Gasteiger partial charge in [-0.2, -0.15) is 5.10 Å². The maximum Gasteiger partial charge on any atom is 0.255 e. The van der Waals surface area contributed by atoms with Crippen molar-refractivity contribution in [2.24, 2.45) is 5.41 Å². The maximum atomic E-state index is 12.3. The lowest BCUT2D eigenvalue weighted by atomic mass is 9.89. The number of nitrogens with zero attached hydrogens (tertiary/aromatic N) is 1. The van der Waals surface area contributed by atoms with Crippen LogP contribution in [-0.2, 0) is 0 Å². The molecule has 0 atom stereocenters. The maximum absolute atomic E-state index is 12.3. The van der Waals surface area contributed by atoms with E-state index in [1.54, 1.807) is 6.07 Å². The van der Waals surface area contributed by atoms with E-state index in [-0.39, 0.29) is 17.9 Å². The van der Waals surface area contributed by atoms with Crippen LogP contribution in [-0.4, -0.2) is 34.4 Å². The fraction of sp³-hybridized carbons (Fsp3) is 0.412. The van der Waals surface area contributed by atoms with Crippen molar-refractivity contribution in [3.05, 3.63) is 41.0 Å². The van der Waals surface area contributed by atoms with Gasteiger partial charge in [-0.15, -0.1) is 0 Å². The molecule has 5 nitrogen and oxygen atoms in total. The average molecular weight is 336 g/mol. The van der Waals surface area contributed by atoms with Crippen molar-refractivity contribution in [2.45, 2.75) is 26.7 Å². The predicted octanol–water partition coefficient (Wildman–Crippen LogP) is 3.26. The number of H-pyrrole nitrogens is 1. The number of hydrogen-bond acceptors (Lipinski definition) is 3. The van der Waals surface area contributed by atoms with Crippen LogP contribution in [0.15, 0.2) is 30.5 Å². The van der Waals surface area contributed by atoms with Crippen LogP contribution in [0.2, 0.25) is 5.02 Å². The normalized spacial score (nSPS) is 11.5. The first kappa shape index (κ1) is 17.5. The summed E-state index contributed by atoms with van der Waals surface area (Å²) in [7, 11) is 0. The molecule has 1 aromatic carbocycles. The standard InChI is InChI=1S/C17H22ClN3O2/c1-17(2,11-22)8-5-9-19-16(23)13-10-20-21-15(13)12-6-3-4-7-14(12)18/h3-4,6-7,10,22H,5,8-9,11H2,1-2H3,(H,19,23)(H,20,21). The van der Waals surface area contributed by atoms with Gasteiger partial charge >= 0.3 is 0 Å². The second kappa shape index (κ2) is 7.62. The van der Waals surface area contributed by atoms with Gasteiger partial charge in [0.05, 0.1) is 17.5 Å². The van der Waals surface area contributed by atoms with Crippen molar-refractivity contribution in [1.82, 2.24) is 15.5 Å². The zero-order valence-corrected chi connectivity index (χ0v) is 14.2. The number of amides is 1. The zero-order chi connectivity index (χ0) is 16.9. The van der Waals surface area contributed by atoms with Crippen molar-refractivity contribution < 1.29 is 9.90 Å². The van der Waals surface area contributed by atoms with E-state index in [2.05, 4.69) is 15.5 Å².